The molecule has 0 aromatic rings. The van der Waals surface area contributed by atoms with Crippen LogP contribution < -0.4 is 11.1 Å². The molecule has 0 rings (SSSR count). The molecule has 1 atom stereocenters. The van der Waals surface area contributed by atoms with E-state index in [1.54, 1.807) is 0 Å². The summed E-state index contributed by atoms with van der Waals surface area (Å²) in [6.45, 7) is 7.24. The zero-order chi connectivity index (χ0) is 12.4. The lowest BCUT2D eigenvalue weighted by Gasteiger charge is -2.36. The first-order valence-corrected chi connectivity index (χ1v) is 6.61. The van der Waals surface area contributed by atoms with Crippen molar-refractivity contribution in [3.8, 4) is 12.3 Å². The number of hydrogen-bond donors (Lipinski definition) is 2. The highest BCUT2D eigenvalue weighted by molar-refractivity contribution is 5.03. The number of nitrogens with two attached hydrogens (primary N) is 1. The molecular weight excluding hydrogens is 196 g/mol. The van der Waals surface area contributed by atoms with Crippen LogP contribution in [0.2, 0.25) is 0 Å². The first kappa shape index (κ1) is 15.5. The standard InChI is InChI=1S/C14H28N2/c1-5-9-13(8-4)16-14(12-15,10-6-2)11-7-3/h4,13,16H,5-7,9-12,15H2,1-3H3. The van der Waals surface area contributed by atoms with Crippen molar-refractivity contribution in [2.45, 2.75) is 70.9 Å². The van der Waals surface area contributed by atoms with Crippen molar-refractivity contribution in [1.29, 1.82) is 0 Å². The SMILES string of the molecule is C#CC(CCC)NC(CN)(CCC)CCC. The molecule has 0 heterocycles. The monoisotopic (exact) mass is 224 g/mol. The second kappa shape index (κ2) is 8.61. The van der Waals surface area contributed by atoms with E-state index in [1.165, 1.54) is 0 Å². The molecule has 2 nitrogen and oxygen atoms in total. The van der Waals surface area contributed by atoms with E-state index in [0.717, 1.165) is 38.5 Å². The van der Waals surface area contributed by atoms with Crippen LogP contribution in [0.5, 0.6) is 0 Å². The van der Waals surface area contributed by atoms with Crippen molar-refractivity contribution >= 4 is 0 Å². The van der Waals surface area contributed by atoms with Gasteiger partial charge in [0, 0.05) is 12.1 Å². The lowest BCUT2D eigenvalue weighted by molar-refractivity contribution is 0.263. The van der Waals surface area contributed by atoms with Gasteiger partial charge in [-0.3, -0.25) is 5.32 Å². The van der Waals surface area contributed by atoms with Crippen molar-refractivity contribution in [1.82, 2.24) is 5.32 Å². The highest BCUT2D eigenvalue weighted by Gasteiger charge is 2.28. The fourth-order valence-corrected chi connectivity index (χ4v) is 2.34. The zero-order valence-corrected chi connectivity index (χ0v) is 11.2. The maximum Gasteiger partial charge on any atom is 0.0691 e. The summed E-state index contributed by atoms with van der Waals surface area (Å²) in [4.78, 5) is 0. The zero-order valence-electron chi connectivity index (χ0n) is 11.2. The molecule has 3 N–H and O–H groups in total. The third-order valence-electron chi connectivity index (χ3n) is 3.11. The van der Waals surface area contributed by atoms with Crippen LogP contribution in [0.1, 0.15) is 59.3 Å². The third kappa shape index (κ3) is 5.01. The first-order valence-electron chi connectivity index (χ1n) is 6.61. The average Bonchev–Trinajstić information content (AvgIpc) is 2.29. The molecule has 2 heteroatoms. The van der Waals surface area contributed by atoms with Gasteiger partial charge in [-0.1, -0.05) is 46.0 Å². The Kier molecular flexibility index (Phi) is 8.33. The maximum absolute atomic E-state index is 5.95. The lowest BCUT2D eigenvalue weighted by Crippen LogP contribution is -2.54. The van der Waals surface area contributed by atoms with Crippen LogP contribution >= 0.6 is 0 Å². The second-order valence-electron chi connectivity index (χ2n) is 4.64. The van der Waals surface area contributed by atoms with Gasteiger partial charge in [-0.15, -0.1) is 6.42 Å². The molecule has 0 amide bonds. The van der Waals surface area contributed by atoms with Crippen LogP contribution in [-0.2, 0) is 0 Å². The van der Waals surface area contributed by atoms with E-state index in [0.29, 0.717) is 6.54 Å². The van der Waals surface area contributed by atoms with Crippen LogP contribution in [0.4, 0.5) is 0 Å². The molecule has 0 saturated carbocycles. The molecule has 0 fully saturated rings. The predicted octanol–water partition coefficient (Wildman–Crippen LogP) is 2.68. The molecule has 16 heavy (non-hydrogen) atoms. The molecule has 0 aromatic carbocycles. The van der Waals surface area contributed by atoms with E-state index in [2.05, 4.69) is 32.0 Å². The molecule has 0 radical (unpaired) electrons. The number of rotatable bonds is 9. The summed E-state index contributed by atoms with van der Waals surface area (Å²) in [6.07, 6.45) is 12.2. The summed E-state index contributed by atoms with van der Waals surface area (Å²) in [6, 6.07) is 0.173. The van der Waals surface area contributed by atoms with E-state index < -0.39 is 0 Å². The van der Waals surface area contributed by atoms with E-state index in [-0.39, 0.29) is 11.6 Å². The van der Waals surface area contributed by atoms with Gasteiger partial charge in [0.05, 0.1) is 6.04 Å². The van der Waals surface area contributed by atoms with Gasteiger partial charge in [0.2, 0.25) is 0 Å². The van der Waals surface area contributed by atoms with Crippen LogP contribution in [-0.4, -0.2) is 18.1 Å². The minimum atomic E-state index is 0.0513. The fourth-order valence-electron chi connectivity index (χ4n) is 2.34. The molecule has 0 spiro atoms. The fraction of sp³-hybridized carbons (Fsp3) is 0.857. The number of nitrogens with one attached hydrogen (secondary N) is 1. The van der Waals surface area contributed by atoms with Crippen LogP contribution in [0.15, 0.2) is 0 Å². The molecular formula is C14H28N2. The Bertz CT molecular complexity index is 199. The van der Waals surface area contributed by atoms with Gasteiger partial charge < -0.3 is 5.73 Å². The largest absolute Gasteiger partial charge is 0.329 e. The molecule has 0 aliphatic heterocycles. The highest BCUT2D eigenvalue weighted by atomic mass is 15.0. The minimum Gasteiger partial charge on any atom is -0.329 e. The van der Waals surface area contributed by atoms with Gasteiger partial charge in [0.1, 0.15) is 0 Å². The van der Waals surface area contributed by atoms with Crippen LogP contribution in [0, 0.1) is 12.3 Å². The molecule has 0 saturated heterocycles. The van der Waals surface area contributed by atoms with Crippen molar-refractivity contribution in [3.05, 3.63) is 0 Å². The first-order chi connectivity index (χ1) is 7.67. The lowest BCUT2D eigenvalue weighted by atomic mass is 9.87. The Hall–Kier alpha value is -0.520. The van der Waals surface area contributed by atoms with Crippen LogP contribution in [0.25, 0.3) is 0 Å². The predicted molar refractivity (Wildman–Crippen MR) is 72.3 cm³/mol. The normalized spacial score (nSPS) is 13.4. The Labute approximate surface area is 101 Å². The summed E-state index contributed by atoms with van der Waals surface area (Å²) in [5.41, 5.74) is 6.00. The van der Waals surface area contributed by atoms with E-state index in [1.807, 2.05) is 0 Å². The van der Waals surface area contributed by atoms with E-state index in [9.17, 15) is 0 Å². The summed E-state index contributed by atoms with van der Waals surface area (Å²) >= 11 is 0. The molecule has 0 bridgehead atoms. The number of hydrogen-bond acceptors (Lipinski definition) is 2. The summed E-state index contributed by atoms with van der Waals surface area (Å²) in [5, 5.41) is 3.61. The number of terminal acetylenes is 1. The quantitative estimate of drug-likeness (QED) is 0.591. The van der Waals surface area contributed by atoms with Crippen molar-refractivity contribution in [3.63, 3.8) is 0 Å². The van der Waals surface area contributed by atoms with Gasteiger partial charge in [-0.25, -0.2) is 0 Å². The molecule has 0 aliphatic rings. The summed E-state index contributed by atoms with van der Waals surface area (Å²) in [7, 11) is 0. The summed E-state index contributed by atoms with van der Waals surface area (Å²) < 4.78 is 0. The average molecular weight is 224 g/mol. The van der Waals surface area contributed by atoms with Gasteiger partial charge in [0.15, 0.2) is 0 Å². The maximum atomic E-state index is 5.95. The molecule has 0 aromatic heterocycles. The minimum absolute atomic E-state index is 0.0513. The smallest absolute Gasteiger partial charge is 0.0691 e. The van der Waals surface area contributed by atoms with Crippen molar-refractivity contribution in [2.24, 2.45) is 5.73 Å². The van der Waals surface area contributed by atoms with E-state index >= 15 is 0 Å². The molecule has 0 aliphatic carbocycles. The van der Waals surface area contributed by atoms with Crippen LogP contribution in [0.3, 0.4) is 0 Å². The van der Waals surface area contributed by atoms with Crippen molar-refractivity contribution < 1.29 is 0 Å². The van der Waals surface area contributed by atoms with E-state index in [4.69, 9.17) is 12.2 Å². The van der Waals surface area contributed by atoms with Gasteiger partial charge >= 0.3 is 0 Å². The van der Waals surface area contributed by atoms with Gasteiger partial charge in [-0.05, 0) is 19.3 Å². The van der Waals surface area contributed by atoms with Crippen molar-refractivity contribution in [2.75, 3.05) is 6.54 Å². The van der Waals surface area contributed by atoms with Gasteiger partial charge in [-0.2, -0.15) is 0 Å². The topological polar surface area (TPSA) is 38.0 Å². The third-order valence-corrected chi connectivity index (χ3v) is 3.11. The van der Waals surface area contributed by atoms with Gasteiger partial charge in [0.25, 0.3) is 0 Å². The second-order valence-corrected chi connectivity index (χ2v) is 4.64. The molecule has 1 unspecified atom stereocenters. The molecule has 94 valence electrons. The highest BCUT2D eigenvalue weighted by Crippen LogP contribution is 2.20. The Morgan fingerprint density at radius 2 is 1.75 bits per heavy atom. The Balaban J connectivity index is 4.54. The summed E-state index contributed by atoms with van der Waals surface area (Å²) in [5.74, 6) is 2.84. The Morgan fingerprint density at radius 1 is 1.19 bits per heavy atom. The Morgan fingerprint density at radius 3 is 2.06 bits per heavy atom.